The maximum Gasteiger partial charge on any atom is 0.243 e. The van der Waals surface area contributed by atoms with Crippen molar-refractivity contribution < 1.29 is 9.59 Å². The van der Waals surface area contributed by atoms with Crippen molar-refractivity contribution in [3.63, 3.8) is 0 Å². The summed E-state index contributed by atoms with van der Waals surface area (Å²) in [5.74, 6) is -0.509. The molecule has 0 unspecified atom stereocenters. The zero-order chi connectivity index (χ0) is 19.5. The number of aryl methyl sites for hydroxylation is 1. The van der Waals surface area contributed by atoms with Crippen LogP contribution < -0.4 is 16.0 Å². The second-order valence-corrected chi connectivity index (χ2v) is 7.11. The van der Waals surface area contributed by atoms with E-state index in [4.69, 9.17) is 0 Å². The number of benzene rings is 2. The van der Waals surface area contributed by atoms with Crippen LogP contribution in [0, 0.1) is 5.92 Å². The summed E-state index contributed by atoms with van der Waals surface area (Å²) >= 11 is 0. The molecule has 1 saturated heterocycles. The Morgan fingerprint density at radius 1 is 1.18 bits per heavy atom. The fraction of sp³-hybridized carbons (Fsp3) is 0.286. The Bertz CT molecular complexity index is 1010. The van der Waals surface area contributed by atoms with E-state index in [1.165, 1.54) is 0 Å². The molecule has 144 valence electrons. The van der Waals surface area contributed by atoms with E-state index < -0.39 is 0 Å². The van der Waals surface area contributed by atoms with Gasteiger partial charge in [-0.25, -0.2) is 0 Å². The van der Waals surface area contributed by atoms with Gasteiger partial charge in [0, 0.05) is 43.3 Å². The third-order valence-electron chi connectivity index (χ3n) is 5.19. The Balaban J connectivity index is 1.37. The van der Waals surface area contributed by atoms with Crippen molar-refractivity contribution in [2.45, 2.75) is 5.92 Å². The van der Waals surface area contributed by atoms with Gasteiger partial charge in [0.25, 0.3) is 0 Å². The van der Waals surface area contributed by atoms with Gasteiger partial charge >= 0.3 is 0 Å². The van der Waals surface area contributed by atoms with Gasteiger partial charge in [-0.2, -0.15) is 5.10 Å². The second kappa shape index (κ2) is 7.82. The van der Waals surface area contributed by atoms with Crippen LogP contribution in [0.3, 0.4) is 0 Å². The molecule has 3 N–H and O–H groups in total. The molecule has 0 aliphatic carbocycles. The van der Waals surface area contributed by atoms with Gasteiger partial charge in [0.2, 0.25) is 11.8 Å². The largest absolute Gasteiger partial charge is 0.347 e. The van der Waals surface area contributed by atoms with Gasteiger partial charge in [0.15, 0.2) is 0 Å². The number of fused-ring (bicyclic) bond motifs is 1. The number of carbonyl (C=O) groups excluding carboxylic acids is 2. The number of amides is 2. The molecule has 1 aliphatic rings. The minimum Gasteiger partial charge on any atom is -0.347 e. The van der Waals surface area contributed by atoms with E-state index in [0.29, 0.717) is 6.54 Å². The van der Waals surface area contributed by atoms with Gasteiger partial charge in [-0.1, -0.05) is 36.4 Å². The van der Waals surface area contributed by atoms with Crippen LogP contribution in [0.2, 0.25) is 0 Å². The molecule has 0 bridgehead atoms. The highest BCUT2D eigenvalue weighted by Crippen LogP contribution is 2.28. The van der Waals surface area contributed by atoms with E-state index in [-0.39, 0.29) is 30.2 Å². The van der Waals surface area contributed by atoms with Crippen LogP contribution in [0.5, 0.6) is 0 Å². The van der Waals surface area contributed by atoms with Crippen LogP contribution in [0.25, 0.3) is 10.8 Å². The first-order chi connectivity index (χ1) is 13.6. The van der Waals surface area contributed by atoms with Gasteiger partial charge in [-0.05, 0) is 17.0 Å². The van der Waals surface area contributed by atoms with Crippen LogP contribution in [0.4, 0.5) is 5.69 Å². The van der Waals surface area contributed by atoms with Crippen molar-refractivity contribution in [3.8, 4) is 0 Å². The lowest BCUT2D eigenvalue weighted by Gasteiger charge is -2.17. The molecule has 2 atom stereocenters. The number of nitrogens with zero attached hydrogens (tertiary/aromatic N) is 2. The van der Waals surface area contributed by atoms with Crippen molar-refractivity contribution in [1.82, 2.24) is 20.4 Å². The quantitative estimate of drug-likeness (QED) is 0.631. The zero-order valence-corrected chi connectivity index (χ0v) is 15.7. The summed E-state index contributed by atoms with van der Waals surface area (Å²) in [4.78, 5) is 25.0. The Morgan fingerprint density at radius 3 is 2.82 bits per heavy atom. The monoisotopic (exact) mass is 377 g/mol. The Labute approximate surface area is 163 Å². The molecule has 2 heterocycles. The normalized spacial score (nSPS) is 18.9. The number of carbonyl (C=O) groups is 2. The van der Waals surface area contributed by atoms with E-state index in [1.54, 1.807) is 10.9 Å². The van der Waals surface area contributed by atoms with Gasteiger partial charge in [-0.3, -0.25) is 14.3 Å². The molecule has 0 spiro atoms. The molecule has 2 aromatic carbocycles. The molecule has 2 amide bonds. The highest BCUT2D eigenvalue weighted by molar-refractivity contribution is 6.03. The lowest BCUT2D eigenvalue weighted by molar-refractivity contribution is -0.127. The zero-order valence-electron chi connectivity index (χ0n) is 15.7. The van der Waals surface area contributed by atoms with Crippen LogP contribution in [0.15, 0.2) is 54.9 Å². The number of rotatable bonds is 5. The predicted octanol–water partition coefficient (Wildman–Crippen LogP) is 1.63. The van der Waals surface area contributed by atoms with Gasteiger partial charge in [-0.15, -0.1) is 0 Å². The van der Waals surface area contributed by atoms with Crippen LogP contribution >= 0.6 is 0 Å². The molecular formula is C21H23N5O2. The van der Waals surface area contributed by atoms with Crippen molar-refractivity contribution in [2.24, 2.45) is 13.0 Å². The standard InChI is InChI=1S/C21H23N5O2/c1-26-13-15(9-24-26)17-10-22-11-18(17)21(28)23-12-20(27)25-19-8-4-6-14-5-2-3-7-16(14)19/h2-9,13,17-18,22H,10-12H2,1H3,(H,23,28)(H,25,27)/t17-,18+/m1/s1. The minimum absolute atomic E-state index is 0.0572. The third kappa shape index (κ3) is 3.75. The van der Waals surface area contributed by atoms with Gasteiger partial charge < -0.3 is 16.0 Å². The molecule has 7 heteroatoms. The summed E-state index contributed by atoms with van der Waals surface area (Å²) < 4.78 is 1.74. The minimum atomic E-state index is -0.242. The van der Waals surface area contributed by atoms with Gasteiger partial charge in [0.05, 0.1) is 18.7 Å². The Kier molecular flexibility index (Phi) is 5.08. The fourth-order valence-electron chi connectivity index (χ4n) is 3.76. The highest BCUT2D eigenvalue weighted by atomic mass is 16.2. The maximum absolute atomic E-state index is 12.6. The summed E-state index contributed by atoms with van der Waals surface area (Å²) in [5.41, 5.74) is 1.78. The predicted molar refractivity (Wildman–Crippen MR) is 108 cm³/mol. The SMILES string of the molecule is Cn1cc([C@H]2CNC[C@@H]2C(=O)NCC(=O)Nc2cccc3ccccc23)cn1. The molecular weight excluding hydrogens is 354 g/mol. The topological polar surface area (TPSA) is 88.0 Å². The summed E-state index contributed by atoms with van der Waals surface area (Å²) in [6.45, 7) is 1.26. The average Bonchev–Trinajstić information content (AvgIpc) is 3.35. The van der Waals surface area contributed by atoms with E-state index in [1.807, 2.05) is 55.7 Å². The maximum atomic E-state index is 12.6. The van der Waals surface area contributed by atoms with Crippen LogP contribution in [-0.2, 0) is 16.6 Å². The molecule has 1 aromatic heterocycles. The molecule has 7 nitrogen and oxygen atoms in total. The van der Waals surface area contributed by atoms with Gasteiger partial charge in [0.1, 0.15) is 0 Å². The third-order valence-corrected chi connectivity index (χ3v) is 5.19. The van der Waals surface area contributed by atoms with Crippen molar-refractivity contribution in [1.29, 1.82) is 0 Å². The molecule has 28 heavy (non-hydrogen) atoms. The first-order valence-corrected chi connectivity index (χ1v) is 9.36. The summed E-state index contributed by atoms with van der Waals surface area (Å²) in [6, 6.07) is 13.6. The van der Waals surface area contributed by atoms with Crippen molar-refractivity contribution in [2.75, 3.05) is 25.0 Å². The molecule has 4 rings (SSSR count). The first-order valence-electron chi connectivity index (χ1n) is 9.36. The number of anilines is 1. The Hall–Kier alpha value is -3.19. The summed E-state index contributed by atoms with van der Waals surface area (Å²) in [6.07, 6.45) is 3.73. The molecule has 1 aliphatic heterocycles. The molecule has 3 aromatic rings. The van der Waals surface area contributed by atoms with E-state index >= 15 is 0 Å². The number of hydrogen-bond acceptors (Lipinski definition) is 4. The molecule has 0 radical (unpaired) electrons. The number of hydrogen-bond donors (Lipinski definition) is 3. The lowest BCUT2D eigenvalue weighted by atomic mass is 9.90. The average molecular weight is 377 g/mol. The van der Waals surface area contributed by atoms with E-state index in [0.717, 1.165) is 28.6 Å². The summed E-state index contributed by atoms with van der Waals surface area (Å²) in [7, 11) is 1.86. The summed E-state index contributed by atoms with van der Waals surface area (Å²) in [5, 5.41) is 15.2. The molecule has 1 fully saturated rings. The number of nitrogens with one attached hydrogen (secondary N) is 3. The van der Waals surface area contributed by atoms with E-state index in [2.05, 4.69) is 21.0 Å². The fourth-order valence-corrected chi connectivity index (χ4v) is 3.76. The van der Waals surface area contributed by atoms with Crippen LogP contribution in [-0.4, -0.2) is 41.2 Å². The lowest BCUT2D eigenvalue weighted by Crippen LogP contribution is -2.39. The second-order valence-electron chi connectivity index (χ2n) is 7.11. The Morgan fingerprint density at radius 2 is 2.00 bits per heavy atom. The molecule has 0 saturated carbocycles. The number of aromatic nitrogens is 2. The highest BCUT2D eigenvalue weighted by Gasteiger charge is 2.34. The van der Waals surface area contributed by atoms with E-state index in [9.17, 15) is 9.59 Å². The van der Waals surface area contributed by atoms with Crippen molar-refractivity contribution >= 4 is 28.3 Å². The smallest absolute Gasteiger partial charge is 0.243 e. The van der Waals surface area contributed by atoms with Crippen molar-refractivity contribution in [3.05, 3.63) is 60.4 Å². The van der Waals surface area contributed by atoms with Crippen LogP contribution in [0.1, 0.15) is 11.5 Å². The first kappa shape index (κ1) is 18.2.